The highest BCUT2D eigenvalue weighted by Gasteiger charge is 2.41. The van der Waals surface area contributed by atoms with Gasteiger partial charge in [-0.2, -0.15) is 5.26 Å². The Balaban J connectivity index is 1.88. The van der Waals surface area contributed by atoms with E-state index in [4.69, 9.17) is 14.7 Å². The highest BCUT2D eigenvalue weighted by molar-refractivity contribution is 5.60. The van der Waals surface area contributed by atoms with Crippen molar-refractivity contribution in [2.45, 2.75) is 18.6 Å². The van der Waals surface area contributed by atoms with Gasteiger partial charge in [0, 0.05) is 24.7 Å². The van der Waals surface area contributed by atoms with Crippen molar-refractivity contribution in [2.75, 3.05) is 31.2 Å². The second-order valence-electron chi connectivity index (χ2n) is 5.20. The number of nitrogens with zero attached hydrogens (tertiary/aromatic N) is 3. The molecule has 0 aromatic heterocycles. The zero-order valence-electron chi connectivity index (χ0n) is 11.4. The van der Waals surface area contributed by atoms with E-state index in [0.717, 1.165) is 25.1 Å². The normalized spacial score (nSPS) is 20.4. The molecule has 1 aromatic rings. The zero-order chi connectivity index (χ0) is 14.9. The molecule has 0 unspecified atom stereocenters. The molecular formula is C14H15N3O4. The van der Waals surface area contributed by atoms with E-state index in [1.807, 2.05) is 11.0 Å². The average Bonchev–Trinajstić information content (AvgIpc) is 2.94. The summed E-state index contributed by atoms with van der Waals surface area (Å²) in [6.45, 7) is 2.51. The van der Waals surface area contributed by atoms with Crippen molar-refractivity contribution in [3.63, 3.8) is 0 Å². The molecule has 3 rings (SSSR count). The smallest absolute Gasteiger partial charge is 0.289 e. The minimum atomic E-state index is -0.582. The lowest BCUT2D eigenvalue weighted by atomic mass is 10.0. The van der Waals surface area contributed by atoms with Crippen LogP contribution in [0.4, 0.5) is 11.4 Å². The van der Waals surface area contributed by atoms with E-state index in [1.54, 1.807) is 6.07 Å². The second-order valence-corrected chi connectivity index (χ2v) is 5.20. The van der Waals surface area contributed by atoms with E-state index >= 15 is 0 Å². The average molecular weight is 289 g/mol. The summed E-state index contributed by atoms with van der Waals surface area (Å²) in [5, 5.41) is 20.0. The summed E-state index contributed by atoms with van der Waals surface area (Å²) < 4.78 is 11.4. The van der Waals surface area contributed by atoms with Crippen molar-refractivity contribution in [2.24, 2.45) is 0 Å². The molecule has 0 aliphatic carbocycles. The van der Waals surface area contributed by atoms with Gasteiger partial charge in [-0.1, -0.05) is 0 Å². The van der Waals surface area contributed by atoms with Crippen molar-refractivity contribution in [1.82, 2.24) is 0 Å². The Morgan fingerprint density at radius 1 is 1.38 bits per heavy atom. The summed E-state index contributed by atoms with van der Waals surface area (Å²) in [5.74, 6) is -0.582. The summed E-state index contributed by atoms with van der Waals surface area (Å²) in [4.78, 5) is 12.5. The van der Waals surface area contributed by atoms with Crippen molar-refractivity contribution in [1.29, 1.82) is 5.26 Å². The summed E-state index contributed by atoms with van der Waals surface area (Å²) in [6.07, 6.45) is 1.73. The van der Waals surface area contributed by atoms with Crippen LogP contribution in [-0.4, -0.2) is 37.0 Å². The first-order valence-electron chi connectivity index (χ1n) is 6.85. The monoisotopic (exact) mass is 289 g/mol. The third-order valence-electron chi connectivity index (χ3n) is 3.89. The van der Waals surface area contributed by atoms with Crippen LogP contribution in [0.2, 0.25) is 0 Å². The van der Waals surface area contributed by atoms with E-state index in [9.17, 15) is 10.1 Å². The maximum absolute atomic E-state index is 11.1. The minimum Gasteiger partial charge on any atom is -0.366 e. The predicted octanol–water partition coefficient (Wildman–Crippen LogP) is 1.81. The molecule has 0 saturated carbocycles. The van der Waals surface area contributed by atoms with Crippen LogP contribution in [0.25, 0.3) is 0 Å². The van der Waals surface area contributed by atoms with Crippen LogP contribution in [-0.2, 0) is 9.47 Å². The van der Waals surface area contributed by atoms with Crippen LogP contribution in [0, 0.1) is 21.4 Å². The molecular weight excluding hydrogens is 274 g/mol. The maximum atomic E-state index is 11.1. The molecule has 2 aliphatic heterocycles. The molecule has 1 spiro atoms. The number of nitro benzene ring substituents is 1. The number of hydrogen-bond donors (Lipinski definition) is 0. The van der Waals surface area contributed by atoms with Gasteiger partial charge in [0.05, 0.1) is 24.7 Å². The van der Waals surface area contributed by atoms with Crippen LogP contribution in [0.5, 0.6) is 0 Å². The number of ether oxygens (including phenoxy) is 2. The lowest BCUT2D eigenvalue weighted by molar-refractivity contribution is -0.385. The van der Waals surface area contributed by atoms with E-state index in [1.165, 1.54) is 12.1 Å². The fourth-order valence-electron chi connectivity index (χ4n) is 2.90. The number of nitro groups is 1. The third-order valence-corrected chi connectivity index (χ3v) is 3.89. The SMILES string of the molecule is N#Cc1ccc(N2CCCC3(C2)OCCO3)cc1[N+](=O)[O-]. The molecule has 0 N–H and O–H groups in total. The Bertz CT molecular complexity index is 605. The van der Waals surface area contributed by atoms with Gasteiger partial charge >= 0.3 is 0 Å². The molecule has 0 bridgehead atoms. The second kappa shape index (κ2) is 5.31. The summed E-state index contributed by atoms with van der Waals surface area (Å²) in [7, 11) is 0. The molecule has 2 saturated heterocycles. The molecule has 0 atom stereocenters. The number of piperidine rings is 1. The van der Waals surface area contributed by atoms with Gasteiger partial charge in [-0.05, 0) is 18.6 Å². The molecule has 2 heterocycles. The molecule has 0 amide bonds. The van der Waals surface area contributed by atoms with Gasteiger partial charge in [0.25, 0.3) is 5.69 Å². The largest absolute Gasteiger partial charge is 0.366 e. The third kappa shape index (κ3) is 2.55. The van der Waals surface area contributed by atoms with Gasteiger partial charge in [0.1, 0.15) is 11.6 Å². The lowest BCUT2D eigenvalue weighted by Crippen LogP contribution is -2.49. The van der Waals surface area contributed by atoms with Crippen LogP contribution < -0.4 is 4.90 Å². The Kier molecular flexibility index (Phi) is 3.49. The molecule has 1 aromatic carbocycles. The van der Waals surface area contributed by atoms with Crippen LogP contribution in [0.3, 0.4) is 0 Å². The van der Waals surface area contributed by atoms with E-state index < -0.39 is 10.7 Å². The highest BCUT2D eigenvalue weighted by atomic mass is 16.7. The summed E-state index contributed by atoms with van der Waals surface area (Å²) >= 11 is 0. The molecule has 2 fully saturated rings. The standard InChI is InChI=1S/C14H15N3O4/c15-9-11-2-3-12(8-13(11)17(18)19)16-5-1-4-14(10-16)20-6-7-21-14/h2-3,8H,1,4-7,10H2. The Morgan fingerprint density at radius 2 is 2.14 bits per heavy atom. The lowest BCUT2D eigenvalue weighted by Gasteiger charge is -2.39. The quantitative estimate of drug-likeness (QED) is 0.609. The van der Waals surface area contributed by atoms with E-state index in [0.29, 0.717) is 19.8 Å². The van der Waals surface area contributed by atoms with Crippen molar-refractivity contribution < 1.29 is 14.4 Å². The molecule has 21 heavy (non-hydrogen) atoms. The van der Waals surface area contributed by atoms with Gasteiger partial charge in [-0.25, -0.2) is 0 Å². The molecule has 0 radical (unpaired) electrons. The highest BCUT2D eigenvalue weighted by Crippen LogP contribution is 2.34. The Morgan fingerprint density at radius 3 is 2.81 bits per heavy atom. The molecule has 7 heteroatoms. The molecule has 7 nitrogen and oxygen atoms in total. The van der Waals surface area contributed by atoms with Crippen LogP contribution >= 0.6 is 0 Å². The van der Waals surface area contributed by atoms with Crippen LogP contribution in [0.1, 0.15) is 18.4 Å². The van der Waals surface area contributed by atoms with Gasteiger partial charge in [-0.15, -0.1) is 0 Å². The molecule has 110 valence electrons. The van der Waals surface area contributed by atoms with E-state index in [-0.39, 0.29) is 11.3 Å². The predicted molar refractivity (Wildman–Crippen MR) is 73.9 cm³/mol. The maximum Gasteiger partial charge on any atom is 0.289 e. The van der Waals surface area contributed by atoms with Gasteiger partial charge in [0.2, 0.25) is 0 Å². The fourth-order valence-corrected chi connectivity index (χ4v) is 2.90. The first kappa shape index (κ1) is 13.8. The Hall–Kier alpha value is -2.17. The fraction of sp³-hybridized carbons (Fsp3) is 0.500. The van der Waals surface area contributed by atoms with Crippen molar-refractivity contribution in [3.05, 3.63) is 33.9 Å². The number of nitriles is 1. The van der Waals surface area contributed by atoms with Crippen molar-refractivity contribution >= 4 is 11.4 Å². The first-order chi connectivity index (χ1) is 10.1. The van der Waals surface area contributed by atoms with Gasteiger partial charge < -0.3 is 14.4 Å². The topological polar surface area (TPSA) is 88.6 Å². The number of anilines is 1. The Labute approximate surface area is 121 Å². The summed E-state index contributed by atoms with van der Waals surface area (Å²) in [6, 6.07) is 6.52. The van der Waals surface area contributed by atoms with Gasteiger partial charge in [-0.3, -0.25) is 10.1 Å². The minimum absolute atomic E-state index is 0.0730. The van der Waals surface area contributed by atoms with Gasteiger partial charge in [0.15, 0.2) is 5.79 Å². The number of hydrogen-bond acceptors (Lipinski definition) is 6. The zero-order valence-corrected chi connectivity index (χ0v) is 11.4. The number of benzene rings is 1. The van der Waals surface area contributed by atoms with Crippen LogP contribution in [0.15, 0.2) is 18.2 Å². The van der Waals surface area contributed by atoms with E-state index in [2.05, 4.69) is 0 Å². The molecule has 2 aliphatic rings. The number of rotatable bonds is 2. The van der Waals surface area contributed by atoms with Crippen molar-refractivity contribution in [3.8, 4) is 6.07 Å². The summed E-state index contributed by atoms with van der Waals surface area (Å²) in [5.41, 5.74) is 0.630. The first-order valence-corrected chi connectivity index (χ1v) is 6.85.